The molecule has 1 rings (SSSR count). The van der Waals surface area contributed by atoms with Crippen molar-refractivity contribution >= 4 is 16.0 Å². The highest BCUT2D eigenvalue weighted by molar-refractivity contribution is 7.89. The van der Waals surface area contributed by atoms with Crippen molar-refractivity contribution in [1.82, 2.24) is 4.72 Å². The molecule has 0 radical (unpaired) electrons. The molecule has 1 aliphatic rings. The van der Waals surface area contributed by atoms with E-state index in [1.54, 1.807) is 0 Å². The van der Waals surface area contributed by atoms with Crippen LogP contribution in [0.1, 0.15) is 19.3 Å². The van der Waals surface area contributed by atoms with E-state index in [-0.39, 0.29) is 31.7 Å². The molecule has 1 aliphatic heterocycles. The molecule has 0 bridgehead atoms. The molecule has 1 atom stereocenters. The standard InChI is InChI=1S/C10H19NO6S/c1-16-9(12)3-2-6-18(14,15)11-7-10(13)4-5-17-8-10/h11,13H,2-8H2,1H3. The van der Waals surface area contributed by atoms with E-state index < -0.39 is 21.6 Å². The van der Waals surface area contributed by atoms with Crippen LogP contribution < -0.4 is 4.72 Å². The van der Waals surface area contributed by atoms with Crippen LogP contribution in [0.3, 0.4) is 0 Å². The maximum atomic E-state index is 11.6. The molecule has 0 spiro atoms. The molecule has 0 amide bonds. The van der Waals surface area contributed by atoms with Crippen molar-refractivity contribution in [1.29, 1.82) is 0 Å². The predicted octanol–water partition coefficient (Wildman–Crippen LogP) is -0.990. The first-order chi connectivity index (χ1) is 8.37. The fourth-order valence-corrected chi connectivity index (χ4v) is 2.72. The molecule has 0 aromatic rings. The first-order valence-corrected chi connectivity index (χ1v) is 7.36. The summed E-state index contributed by atoms with van der Waals surface area (Å²) in [6.45, 7) is 0.506. The molecule has 1 fully saturated rings. The van der Waals surface area contributed by atoms with Gasteiger partial charge in [-0.3, -0.25) is 4.79 Å². The monoisotopic (exact) mass is 281 g/mol. The SMILES string of the molecule is COC(=O)CCCS(=O)(=O)NCC1(O)CCOC1. The highest BCUT2D eigenvalue weighted by Crippen LogP contribution is 2.17. The molecular weight excluding hydrogens is 262 g/mol. The number of esters is 1. The molecule has 0 aromatic heterocycles. The molecule has 7 nitrogen and oxygen atoms in total. The molecule has 1 unspecified atom stereocenters. The van der Waals surface area contributed by atoms with E-state index in [1.165, 1.54) is 7.11 Å². The lowest BCUT2D eigenvalue weighted by Crippen LogP contribution is -2.44. The molecular formula is C10H19NO6S. The smallest absolute Gasteiger partial charge is 0.305 e. The molecule has 0 aromatic carbocycles. The van der Waals surface area contributed by atoms with Gasteiger partial charge >= 0.3 is 5.97 Å². The molecule has 0 saturated carbocycles. The van der Waals surface area contributed by atoms with E-state index in [1.807, 2.05) is 0 Å². The van der Waals surface area contributed by atoms with Gasteiger partial charge in [-0.1, -0.05) is 0 Å². The van der Waals surface area contributed by atoms with Crippen molar-refractivity contribution < 1.29 is 27.8 Å². The number of hydrogen-bond donors (Lipinski definition) is 2. The lowest BCUT2D eigenvalue weighted by Gasteiger charge is -2.20. The van der Waals surface area contributed by atoms with Crippen LogP contribution in [0.25, 0.3) is 0 Å². The van der Waals surface area contributed by atoms with Gasteiger partial charge in [-0.15, -0.1) is 0 Å². The van der Waals surface area contributed by atoms with Crippen LogP contribution in [0.2, 0.25) is 0 Å². The Hall–Kier alpha value is -0.700. The fourth-order valence-electron chi connectivity index (χ4n) is 1.56. The number of carbonyl (C=O) groups excluding carboxylic acids is 1. The second-order valence-corrected chi connectivity index (χ2v) is 6.27. The van der Waals surface area contributed by atoms with Gasteiger partial charge in [0.15, 0.2) is 0 Å². The normalized spacial score (nSPS) is 24.1. The summed E-state index contributed by atoms with van der Waals surface area (Å²) >= 11 is 0. The van der Waals surface area contributed by atoms with E-state index in [0.717, 1.165) is 0 Å². The minimum atomic E-state index is -3.48. The number of methoxy groups -OCH3 is 1. The highest BCUT2D eigenvalue weighted by Gasteiger charge is 2.33. The van der Waals surface area contributed by atoms with Crippen LogP contribution in [0.15, 0.2) is 0 Å². The van der Waals surface area contributed by atoms with E-state index in [4.69, 9.17) is 4.74 Å². The molecule has 18 heavy (non-hydrogen) atoms. The van der Waals surface area contributed by atoms with E-state index in [0.29, 0.717) is 13.0 Å². The Bertz CT molecular complexity index is 374. The molecule has 8 heteroatoms. The summed E-state index contributed by atoms with van der Waals surface area (Å²) in [5, 5.41) is 9.88. The van der Waals surface area contributed by atoms with Gasteiger partial charge < -0.3 is 14.6 Å². The average Bonchev–Trinajstić information content (AvgIpc) is 2.74. The lowest BCUT2D eigenvalue weighted by atomic mass is 10.1. The number of nitrogens with one attached hydrogen (secondary N) is 1. The second-order valence-electron chi connectivity index (χ2n) is 4.35. The maximum absolute atomic E-state index is 11.6. The first-order valence-electron chi connectivity index (χ1n) is 5.71. The van der Waals surface area contributed by atoms with E-state index in [2.05, 4.69) is 9.46 Å². The summed E-state index contributed by atoms with van der Waals surface area (Å²) in [6.07, 6.45) is 0.666. The molecule has 106 valence electrons. The summed E-state index contributed by atoms with van der Waals surface area (Å²) in [5.41, 5.74) is -1.12. The third-order valence-electron chi connectivity index (χ3n) is 2.73. The number of carbonyl (C=O) groups is 1. The van der Waals surface area contributed by atoms with Crippen LogP contribution in [0.5, 0.6) is 0 Å². The Morgan fingerprint density at radius 1 is 1.56 bits per heavy atom. The third-order valence-corrected chi connectivity index (χ3v) is 4.14. The Morgan fingerprint density at radius 2 is 2.28 bits per heavy atom. The van der Waals surface area contributed by atoms with Crippen molar-refractivity contribution in [3.63, 3.8) is 0 Å². The number of sulfonamides is 1. The molecule has 0 aliphatic carbocycles. The summed E-state index contributed by atoms with van der Waals surface area (Å²) in [6, 6.07) is 0. The van der Waals surface area contributed by atoms with Crippen LogP contribution >= 0.6 is 0 Å². The van der Waals surface area contributed by atoms with Crippen molar-refractivity contribution in [2.45, 2.75) is 24.9 Å². The minimum Gasteiger partial charge on any atom is -0.469 e. The van der Waals surface area contributed by atoms with Gasteiger partial charge in [-0.05, 0) is 6.42 Å². The fraction of sp³-hybridized carbons (Fsp3) is 0.900. The van der Waals surface area contributed by atoms with Crippen LogP contribution in [0.4, 0.5) is 0 Å². The zero-order chi connectivity index (χ0) is 13.6. The molecule has 1 saturated heterocycles. The Labute approximate surface area is 107 Å². The van der Waals surface area contributed by atoms with Gasteiger partial charge in [0.1, 0.15) is 5.60 Å². The van der Waals surface area contributed by atoms with Crippen LogP contribution in [-0.2, 0) is 24.3 Å². The Morgan fingerprint density at radius 3 is 2.83 bits per heavy atom. The van der Waals surface area contributed by atoms with Gasteiger partial charge in [0.25, 0.3) is 0 Å². The zero-order valence-electron chi connectivity index (χ0n) is 10.3. The van der Waals surface area contributed by atoms with Gasteiger partial charge in [0.2, 0.25) is 10.0 Å². The van der Waals surface area contributed by atoms with Crippen molar-refractivity contribution in [2.24, 2.45) is 0 Å². The molecule has 2 N–H and O–H groups in total. The quantitative estimate of drug-likeness (QED) is 0.581. The van der Waals surface area contributed by atoms with Crippen LogP contribution in [-0.4, -0.2) is 57.7 Å². The van der Waals surface area contributed by atoms with E-state index in [9.17, 15) is 18.3 Å². The highest BCUT2D eigenvalue weighted by atomic mass is 32.2. The Kier molecular flexibility index (Phi) is 5.51. The van der Waals surface area contributed by atoms with Crippen molar-refractivity contribution in [3.05, 3.63) is 0 Å². The summed E-state index contributed by atoms with van der Waals surface area (Å²) in [5.74, 6) is -0.605. The number of rotatable bonds is 7. The summed E-state index contributed by atoms with van der Waals surface area (Å²) in [7, 11) is -2.23. The second kappa shape index (κ2) is 6.46. The van der Waals surface area contributed by atoms with Gasteiger partial charge in [0, 0.05) is 26.0 Å². The van der Waals surface area contributed by atoms with E-state index >= 15 is 0 Å². The largest absolute Gasteiger partial charge is 0.469 e. The zero-order valence-corrected chi connectivity index (χ0v) is 11.2. The topological polar surface area (TPSA) is 102 Å². The van der Waals surface area contributed by atoms with Crippen molar-refractivity contribution in [2.75, 3.05) is 32.6 Å². The average molecular weight is 281 g/mol. The van der Waals surface area contributed by atoms with Gasteiger partial charge in [-0.2, -0.15) is 0 Å². The summed E-state index contributed by atoms with van der Waals surface area (Å²) in [4.78, 5) is 10.8. The predicted molar refractivity (Wildman–Crippen MR) is 63.4 cm³/mol. The van der Waals surface area contributed by atoms with Gasteiger partial charge in [0.05, 0.1) is 19.5 Å². The first kappa shape index (κ1) is 15.4. The third kappa shape index (κ3) is 5.30. The summed E-state index contributed by atoms with van der Waals surface area (Å²) < 4.78 is 34.9. The number of aliphatic hydroxyl groups is 1. The number of ether oxygens (including phenoxy) is 2. The molecule has 1 heterocycles. The number of hydrogen-bond acceptors (Lipinski definition) is 6. The minimum absolute atomic E-state index is 0.0603. The lowest BCUT2D eigenvalue weighted by molar-refractivity contribution is -0.140. The van der Waals surface area contributed by atoms with Crippen LogP contribution in [0, 0.1) is 0 Å². The maximum Gasteiger partial charge on any atom is 0.305 e. The van der Waals surface area contributed by atoms with Gasteiger partial charge in [-0.25, -0.2) is 13.1 Å². The Balaban J connectivity index is 2.29. The van der Waals surface area contributed by atoms with Crippen molar-refractivity contribution in [3.8, 4) is 0 Å².